The normalized spacial score (nSPS) is 10.8. The molecule has 0 aliphatic rings. The maximum atomic E-state index is 2.35. The van der Waals surface area contributed by atoms with Crippen LogP contribution >= 0.6 is 0 Å². The van der Waals surface area contributed by atoms with Crippen LogP contribution in [0.2, 0.25) is 0 Å². The molecule has 0 saturated heterocycles. The van der Waals surface area contributed by atoms with Gasteiger partial charge in [0.05, 0.1) is 0 Å². The Bertz CT molecular complexity index is 250. The molecule has 0 radical (unpaired) electrons. The second-order valence-corrected chi connectivity index (χ2v) is 4.42. The fourth-order valence-corrected chi connectivity index (χ4v) is 1.88. The molecule has 0 aliphatic heterocycles. The molecule has 0 saturated carbocycles. The second-order valence-electron chi connectivity index (χ2n) is 4.42. The first-order valence-electron chi connectivity index (χ1n) is 6.51. The summed E-state index contributed by atoms with van der Waals surface area (Å²) in [6.45, 7) is 5.71. The summed E-state index contributed by atoms with van der Waals surface area (Å²) in [6, 6.07) is 2.27. The molecule has 15 heavy (non-hydrogen) atoms. The minimum absolute atomic E-state index is 1.20. The fraction of sp³-hybridized carbons (Fsp3) is 0.714. The molecule has 0 spiro atoms. The van der Waals surface area contributed by atoms with Gasteiger partial charge < -0.3 is 4.57 Å². The van der Waals surface area contributed by atoms with Gasteiger partial charge in [0.25, 0.3) is 0 Å². The van der Waals surface area contributed by atoms with Gasteiger partial charge in [0.2, 0.25) is 0 Å². The molecule has 0 aliphatic carbocycles. The van der Waals surface area contributed by atoms with Crippen LogP contribution in [0, 0.1) is 0 Å². The Morgan fingerprint density at radius 3 is 2.53 bits per heavy atom. The van der Waals surface area contributed by atoms with E-state index in [1.807, 2.05) is 0 Å². The Kier molecular flexibility index (Phi) is 6.22. The highest BCUT2D eigenvalue weighted by Gasteiger charge is 1.96. The van der Waals surface area contributed by atoms with Crippen LogP contribution in [0.5, 0.6) is 0 Å². The summed E-state index contributed by atoms with van der Waals surface area (Å²) in [5, 5.41) is 0. The molecule has 1 aromatic heterocycles. The van der Waals surface area contributed by atoms with E-state index in [-0.39, 0.29) is 0 Å². The van der Waals surface area contributed by atoms with Gasteiger partial charge in [0, 0.05) is 18.9 Å². The molecule has 0 atom stereocenters. The van der Waals surface area contributed by atoms with Crippen LogP contribution in [0.15, 0.2) is 18.5 Å². The Labute approximate surface area is 94.5 Å². The van der Waals surface area contributed by atoms with Gasteiger partial charge in [-0.15, -0.1) is 0 Å². The summed E-state index contributed by atoms with van der Waals surface area (Å²) in [6.07, 6.45) is 13.8. The number of aryl methyl sites for hydroxylation is 2. The van der Waals surface area contributed by atoms with Crippen LogP contribution in [-0.4, -0.2) is 4.57 Å². The van der Waals surface area contributed by atoms with Crippen molar-refractivity contribution in [1.29, 1.82) is 0 Å². The van der Waals surface area contributed by atoms with Crippen molar-refractivity contribution >= 4 is 0 Å². The molecule has 1 heterocycles. The van der Waals surface area contributed by atoms with Crippen molar-refractivity contribution < 1.29 is 0 Å². The largest absolute Gasteiger partial charge is 0.354 e. The zero-order valence-electron chi connectivity index (χ0n) is 10.3. The third kappa shape index (κ3) is 5.06. The summed E-state index contributed by atoms with van der Waals surface area (Å²) in [5.74, 6) is 0. The van der Waals surface area contributed by atoms with Crippen LogP contribution in [0.3, 0.4) is 0 Å². The molecule has 0 N–H and O–H groups in total. The Morgan fingerprint density at radius 2 is 1.80 bits per heavy atom. The number of rotatable bonds is 8. The Hall–Kier alpha value is -0.720. The molecule has 0 aromatic carbocycles. The fourth-order valence-electron chi connectivity index (χ4n) is 1.88. The number of unbranched alkanes of at least 4 members (excludes halogenated alkanes) is 4. The maximum absolute atomic E-state index is 2.35. The zero-order valence-corrected chi connectivity index (χ0v) is 10.3. The van der Waals surface area contributed by atoms with E-state index < -0.39 is 0 Å². The molecule has 1 nitrogen and oxygen atoms in total. The number of hydrogen-bond acceptors (Lipinski definition) is 0. The van der Waals surface area contributed by atoms with Gasteiger partial charge >= 0.3 is 0 Å². The van der Waals surface area contributed by atoms with Gasteiger partial charge in [-0.25, -0.2) is 0 Å². The van der Waals surface area contributed by atoms with Crippen molar-refractivity contribution in [2.75, 3.05) is 0 Å². The van der Waals surface area contributed by atoms with Crippen LogP contribution in [0.1, 0.15) is 57.9 Å². The predicted octanol–water partition coefficient (Wildman–Crippen LogP) is 4.41. The van der Waals surface area contributed by atoms with E-state index in [0.29, 0.717) is 0 Å². The second kappa shape index (κ2) is 7.56. The first-order chi connectivity index (χ1) is 7.36. The van der Waals surface area contributed by atoms with E-state index in [1.165, 1.54) is 57.1 Å². The molecule has 0 amide bonds. The molecule has 0 unspecified atom stereocenters. The van der Waals surface area contributed by atoms with Crippen LogP contribution in [-0.2, 0) is 13.0 Å². The van der Waals surface area contributed by atoms with E-state index in [0.717, 1.165) is 0 Å². The van der Waals surface area contributed by atoms with Crippen LogP contribution in [0.4, 0.5) is 0 Å². The molecule has 0 fully saturated rings. The summed E-state index contributed by atoms with van der Waals surface area (Å²) in [7, 11) is 0. The zero-order chi connectivity index (χ0) is 10.9. The summed E-state index contributed by atoms with van der Waals surface area (Å²) >= 11 is 0. The highest BCUT2D eigenvalue weighted by molar-refractivity contribution is 5.10. The Morgan fingerprint density at radius 1 is 1.00 bits per heavy atom. The first-order valence-corrected chi connectivity index (χ1v) is 6.51. The molecular formula is C14H25N. The highest BCUT2D eigenvalue weighted by atomic mass is 14.9. The molecule has 86 valence electrons. The van der Waals surface area contributed by atoms with E-state index in [1.54, 1.807) is 0 Å². The van der Waals surface area contributed by atoms with Crippen molar-refractivity contribution in [3.63, 3.8) is 0 Å². The van der Waals surface area contributed by atoms with Crippen LogP contribution in [0.25, 0.3) is 0 Å². The SMILES string of the molecule is CCCCCCn1ccc(CCCC)c1. The monoisotopic (exact) mass is 207 g/mol. The lowest BCUT2D eigenvalue weighted by Gasteiger charge is -2.01. The third-order valence-electron chi connectivity index (χ3n) is 2.90. The maximum Gasteiger partial charge on any atom is 0.0219 e. The van der Waals surface area contributed by atoms with Gasteiger partial charge in [-0.05, 0) is 30.9 Å². The molecule has 1 aromatic rings. The van der Waals surface area contributed by atoms with E-state index >= 15 is 0 Å². The van der Waals surface area contributed by atoms with Crippen molar-refractivity contribution in [2.24, 2.45) is 0 Å². The molecule has 1 heteroatoms. The number of aromatic nitrogens is 1. The van der Waals surface area contributed by atoms with E-state index in [4.69, 9.17) is 0 Å². The van der Waals surface area contributed by atoms with Crippen molar-refractivity contribution in [1.82, 2.24) is 4.57 Å². The number of hydrogen-bond donors (Lipinski definition) is 0. The van der Waals surface area contributed by atoms with Crippen molar-refractivity contribution in [3.8, 4) is 0 Å². The number of nitrogens with zero attached hydrogens (tertiary/aromatic N) is 1. The van der Waals surface area contributed by atoms with Crippen molar-refractivity contribution in [2.45, 2.75) is 65.3 Å². The Balaban J connectivity index is 2.20. The van der Waals surface area contributed by atoms with Gasteiger partial charge in [-0.3, -0.25) is 0 Å². The highest BCUT2D eigenvalue weighted by Crippen LogP contribution is 2.08. The lowest BCUT2D eigenvalue weighted by molar-refractivity contribution is 0.583. The van der Waals surface area contributed by atoms with Crippen LogP contribution < -0.4 is 0 Å². The van der Waals surface area contributed by atoms with Gasteiger partial charge in [-0.2, -0.15) is 0 Å². The summed E-state index contributed by atoms with van der Waals surface area (Å²) < 4.78 is 2.35. The first kappa shape index (κ1) is 12.4. The van der Waals surface area contributed by atoms with Gasteiger partial charge in [-0.1, -0.05) is 39.5 Å². The summed E-state index contributed by atoms with van der Waals surface area (Å²) in [5.41, 5.74) is 1.51. The predicted molar refractivity (Wildman–Crippen MR) is 67.2 cm³/mol. The molecule has 0 bridgehead atoms. The minimum atomic E-state index is 1.20. The minimum Gasteiger partial charge on any atom is -0.354 e. The molecule has 1 rings (SSSR count). The molecular weight excluding hydrogens is 182 g/mol. The quantitative estimate of drug-likeness (QED) is 0.556. The van der Waals surface area contributed by atoms with Gasteiger partial charge in [0.15, 0.2) is 0 Å². The standard InChI is InChI=1S/C14H25N/c1-3-5-7-8-11-15-12-10-14(13-15)9-6-4-2/h10,12-13H,3-9,11H2,1-2H3. The van der Waals surface area contributed by atoms with Gasteiger partial charge in [0.1, 0.15) is 0 Å². The topological polar surface area (TPSA) is 4.93 Å². The lowest BCUT2D eigenvalue weighted by Crippen LogP contribution is -1.94. The third-order valence-corrected chi connectivity index (χ3v) is 2.90. The average molecular weight is 207 g/mol. The summed E-state index contributed by atoms with van der Waals surface area (Å²) in [4.78, 5) is 0. The van der Waals surface area contributed by atoms with E-state index in [2.05, 4.69) is 36.9 Å². The van der Waals surface area contributed by atoms with E-state index in [9.17, 15) is 0 Å². The smallest absolute Gasteiger partial charge is 0.0219 e. The lowest BCUT2D eigenvalue weighted by atomic mass is 10.1. The average Bonchev–Trinajstić information content (AvgIpc) is 2.69. The van der Waals surface area contributed by atoms with Crippen molar-refractivity contribution in [3.05, 3.63) is 24.0 Å².